The van der Waals surface area contributed by atoms with E-state index in [1.165, 1.54) is 12.2 Å². The molecule has 0 aliphatic heterocycles. The Hall–Kier alpha value is -0.484. The molecule has 0 fully saturated rings. The molecule has 0 amide bonds. The molecule has 7 nitrogen and oxygen atoms in total. The molecule has 0 bridgehead atoms. The molecule has 0 aromatic heterocycles. The molecule has 80 valence electrons. The van der Waals surface area contributed by atoms with Gasteiger partial charge in [0.1, 0.15) is 0 Å². The number of hydrogen-bond acceptors (Lipinski definition) is 1. The number of carbonyl (C=O) groups is 1. The van der Waals surface area contributed by atoms with E-state index in [1.54, 1.807) is 6.92 Å². The molecule has 0 heterocycles. The van der Waals surface area contributed by atoms with Crippen LogP contribution in [0, 0.1) is 0 Å². The van der Waals surface area contributed by atoms with Gasteiger partial charge >= 0.3 is 22.7 Å². The monoisotopic (exact) mass is 226 g/mol. The van der Waals surface area contributed by atoms with Crippen LogP contribution in [0.4, 0.5) is 0 Å². The maximum absolute atomic E-state index is 9.62. The first-order valence-corrected chi connectivity index (χ1v) is 1.65. The van der Waals surface area contributed by atoms with Gasteiger partial charge in [-0.3, -0.25) is 0 Å². The van der Waals surface area contributed by atoms with Crippen molar-refractivity contribution in [1.82, 2.24) is 0 Å². The first-order chi connectivity index (χ1) is 2.77. The van der Waals surface area contributed by atoms with E-state index in [0.717, 1.165) is 0 Å². The molecule has 0 radical (unpaired) electrons. The molecule has 0 saturated carbocycles. The van der Waals surface area contributed by atoms with E-state index in [9.17, 15) is 4.79 Å². The number of rotatable bonds is 1. The summed E-state index contributed by atoms with van der Waals surface area (Å²) in [5.74, 6) is -0.641. The summed E-state index contributed by atoms with van der Waals surface area (Å²) in [6.07, 6.45) is 2.73. The number of allylic oxidation sites excluding steroid dienone is 1. The molecule has 0 rings (SSSR count). The maximum atomic E-state index is 9.62. The van der Waals surface area contributed by atoms with Gasteiger partial charge in [0, 0.05) is 4.79 Å². The van der Waals surface area contributed by atoms with Crippen LogP contribution < -0.4 is 0 Å². The van der Waals surface area contributed by atoms with Crippen LogP contribution >= 0.6 is 0 Å². The Kier molecular flexibility index (Phi) is 243. The molecule has 0 aliphatic carbocycles. The van der Waals surface area contributed by atoms with Crippen LogP contribution in [0.2, 0.25) is 0 Å². The predicted octanol–water partition coefficient (Wildman–Crippen LogP) is 3.40. The van der Waals surface area contributed by atoms with E-state index < -0.39 is 5.97 Å². The Morgan fingerprint density at radius 1 is 1.08 bits per heavy atom. The molecule has 12 heavy (non-hydrogen) atoms. The van der Waals surface area contributed by atoms with E-state index in [-0.39, 0.29) is 47.5 Å². The summed E-state index contributed by atoms with van der Waals surface area (Å²) in [6.45, 7) is 1.70. The van der Waals surface area contributed by atoms with E-state index in [1.807, 2.05) is 0 Å². The molecule has 0 saturated heterocycles. The first kappa shape index (κ1) is 62.4. The third-order valence-electron chi connectivity index (χ3n) is 0.318. The molecule has 0 aromatic rings. The summed E-state index contributed by atoms with van der Waals surface area (Å²) >= 11 is 0. The van der Waals surface area contributed by atoms with Gasteiger partial charge in [0.25, 0.3) is 0 Å². The zero-order valence-corrected chi connectivity index (χ0v) is 7.82. The number of carbonyl (C=O) groups excluding carboxylic acids is 1. The van der Waals surface area contributed by atoms with E-state index >= 15 is 0 Å². The minimum Gasteiger partial charge on any atom is -0.693 e. The van der Waals surface area contributed by atoms with Crippen LogP contribution in [0.3, 0.4) is 0 Å². The van der Waals surface area contributed by atoms with E-state index in [0.29, 0.717) is 0 Å². The smallest absolute Gasteiger partial charge is 0.693 e. The van der Waals surface area contributed by atoms with Gasteiger partial charge < -0.3 is 35.9 Å². The van der Waals surface area contributed by atoms with Crippen LogP contribution in [0.25, 0.3) is 30.8 Å². The summed E-state index contributed by atoms with van der Waals surface area (Å²) < 4.78 is 0. The number of hydrogen-bond donors (Lipinski definition) is 0. The molecule has 0 spiro atoms. The Balaban J connectivity index is -0.00000000833. The fourth-order valence-corrected chi connectivity index (χ4v) is 0.151. The molecular formula is C4H17CoN5O2-. The average molecular weight is 226 g/mol. The Bertz CT molecular complexity index is 89.5. The van der Waals surface area contributed by atoms with Gasteiger partial charge in [-0.05, 0) is 6.92 Å². The van der Waals surface area contributed by atoms with Crippen molar-refractivity contribution in [2.75, 3.05) is 0 Å². The fraction of sp³-hybridized carbons (Fsp3) is 0.250. The average Bonchev–Trinajstić information content (AvgIpc) is 1.35. The second-order valence-electron chi connectivity index (χ2n) is 0.864. The quantitative estimate of drug-likeness (QED) is 0.477. The SMILES string of the molecule is CC=CC(=O)[OH2+].[Co+3].[NH2-].[NH2-].[NH2-].[NH2-].[NH2-]. The number of nitrogens with two attached hydrogens (primary N) is 5. The van der Waals surface area contributed by atoms with Crippen molar-refractivity contribution in [2.45, 2.75) is 6.92 Å². The molecule has 8 heteroatoms. The Labute approximate surface area is 83.1 Å². The molecule has 0 atom stereocenters. The maximum Gasteiger partial charge on any atom is 3.00 e. The van der Waals surface area contributed by atoms with Gasteiger partial charge in [0.2, 0.25) is 0 Å². The zero-order chi connectivity index (χ0) is 4.99. The fourth-order valence-electron chi connectivity index (χ4n) is 0.151. The van der Waals surface area contributed by atoms with Crippen LogP contribution in [0.1, 0.15) is 6.92 Å². The summed E-state index contributed by atoms with van der Waals surface area (Å²) in [5.41, 5.74) is 0. The van der Waals surface area contributed by atoms with Crippen molar-refractivity contribution in [3.05, 3.63) is 42.9 Å². The van der Waals surface area contributed by atoms with Gasteiger partial charge in [-0.1, -0.05) is 6.08 Å². The largest absolute Gasteiger partial charge is 3.00 e. The van der Waals surface area contributed by atoms with Gasteiger partial charge in [0.05, 0.1) is 6.08 Å². The van der Waals surface area contributed by atoms with Crippen molar-refractivity contribution in [2.24, 2.45) is 0 Å². The predicted molar refractivity (Wildman–Crippen MR) is 49.9 cm³/mol. The second kappa shape index (κ2) is 46.7. The normalized spacial score (nSPS) is 4.75. The minimum absolute atomic E-state index is 0. The molecular weight excluding hydrogens is 209 g/mol. The molecule has 12 N–H and O–H groups in total. The van der Waals surface area contributed by atoms with Crippen molar-refractivity contribution < 1.29 is 26.7 Å². The van der Waals surface area contributed by atoms with Crippen molar-refractivity contribution >= 4 is 5.97 Å². The standard InChI is InChI=1S/C4H6O2.Co.5H2N/c1-2-3-4(5)6;;;;;;/h2-3H,1H3,(H,5,6);;5*1H2/q;+3;5*-1/p+1. The summed E-state index contributed by atoms with van der Waals surface area (Å²) in [7, 11) is 0. The van der Waals surface area contributed by atoms with Crippen molar-refractivity contribution in [3.63, 3.8) is 0 Å². The van der Waals surface area contributed by atoms with Crippen molar-refractivity contribution in [3.8, 4) is 0 Å². The summed E-state index contributed by atoms with van der Waals surface area (Å²) in [4.78, 5) is 9.62. The minimum atomic E-state index is -0.641. The Morgan fingerprint density at radius 2 is 1.33 bits per heavy atom. The zero-order valence-electron chi connectivity index (χ0n) is 6.78. The van der Waals surface area contributed by atoms with Crippen LogP contribution in [0.5, 0.6) is 0 Å². The van der Waals surface area contributed by atoms with Gasteiger partial charge in [-0.2, -0.15) is 0 Å². The second-order valence-corrected chi connectivity index (χ2v) is 0.864. The molecule has 0 unspecified atom stereocenters. The third kappa shape index (κ3) is 109. The topological polar surface area (TPSA) is 207 Å². The molecule has 0 aliphatic rings. The van der Waals surface area contributed by atoms with E-state index in [4.69, 9.17) is 5.11 Å². The third-order valence-corrected chi connectivity index (χ3v) is 0.318. The van der Waals surface area contributed by atoms with Gasteiger partial charge in [-0.25, -0.2) is 0 Å². The molecule has 0 aromatic carbocycles. The van der Waals surface area contributed by atoms with Gasteiger partial charge in [0.15, 0.2) is 0 Å². The van der Waals surface area contributed by atoms with Crippen molar-refractivity contribution in [1.29, 1.82) is 0 Å². The Morgan fingerprint density at radius 3 is 1.33 bits per heavy atom. The van der Waals surface area contributed by atoms with Gasteiger partial charge in [-0.15, -0.1) is 0 Å². The van der Waals surface area contributed by atoms with Crippen LogP contribution in [-0.4, -0.2) is 11.1 Å². The first-order valence-electron chi connectivity index (χ1n) is 1.65. The summed E-state index contributed by atoms with van der Waals surface area (Å²) in [6, 6.07) is 0. The van der Waals surface area contributed by atoms with Crippen LogP contribution in [-0.2, 0) is 21.6 Å². The summed E-state index contributed by atoms with van der Waals surface area (Å²) in [5, 5.41) is 6.25. The van der Waals surface area contributed by atoms with E-state index in [2.05, 4.69) is 0 Å². The van der Waals surface area contributed by atoms with Crippen LogP contribution in [0.15, 0.2) is 12.2 Å².